The zero-order valence-corrected chi connectivity index (χ0v) is 15.9. The number of aliphatic carboxylic acids is 1. The van der Waals surface area contributed by atoms with Crippen LogP contribution in [-0.2, 0) is 19.4 Å². The third-order valence-electron chi connectivity index (χ3n) is 4.93. The molecule has 0 aliphatic heterocycles. The third-order valence-corrected chi connectivity index (χ3v) is 7.45. The van der Waals surface area contributed by atoms with Gasteiger partial charge in [-0.25, -0.2) is 8.42 Å². The molecule has 1 aliphatic carbocycles. The maximum atomic E-state index is 13.2. The quantitative estimate of drug-likeness (QED) is 0.812. The standard InChI is InChI=1S/C19H19ClO5S/c1-12-6-8-15(9-7-12)26(23,24)17-16(13-4-3-5-14(20)10-13)19(17,11-25-2)18(21)22/h3-10,16-17H,11H2,1-2H3,(H,21,22)/t16-,17-,19-/m0/s1. The van der Waals surface area contributed by atoms with Crippen molar-refractivity contribution in [2.24, 2.45) is 5.41 Å². The normalized spacial score (nSPS) is 25.0. The van der Waals surface area contributed by atoms with Crippen LogP contribution in [0, 0.1) is 12.3 Å². The van der Waals surface area contributed by atoms with E-state index < -0.39 is 32.4 Å². The van der Waals surface area contributed by atoms with Gasteiger partial charge in [0.05, 0.1) is 16.8 Å². The van der Waals surface area contributed by atoms with E-state index in [1.54, 1.807) is 36.4 Å². The fraction of sp³-hybridized carbons (Fsp3) is 0.316. The third kappa shape index (κ3) is 2.92. The molecule has 1 aliphatic rings. The molecular weight excluding hydrogens is 376 g/mol. The highest BCUT2D eigenvalue weighted by molar-refractivity contribution is 7.92. The molecule has 2 aromatic rings. The lowest BCUT2D eigenvalue weighted by molar-refractivity contribution is -0.145. The molecular formula is C19H19ClO5S. The van der Waals surface area contributed by atoms with E-state index in [1.807, 2.05) is 6.92 Å². The van der Waals surface area contributed by atoms with Gasteiger partial charge in [-0.1, -0.05) is 41.4 Å². The molecule has 0 saturated heterocycles. The number of carboxylic acid groups (broad SMARTS) is 1. The van der Waals surface area contributed by atoms with E-state index in [0.717, 1.165) is 5.56 Å². The Morgan fingerprint density at radius 1 is 1.23 bits per heavy atom. The van der Waals surface area contributed by atoms with Gasteiger partial charge in [0.2, 0.25) is 0 Å². The van der Waals surface area contributed by atoms with Crippen LogP contribution in [-0.4, -0.2) is 38.5 Å². The van der Waals surface area contributed by atoms with Gasteiger partial charge in [-0.2, -0.15) is 0 Å². The highest BCUT2D eigenvalue weighted by Crippen LogP contribution is 2.64. The average molecular weight is 395 g/mol. The molecule has 0 radical (unpaired) electrons. The molecule has 26 heavy (non-hydrogen) atoms. The van der Waals surface area contributed by atoms with Crippen molar-refractivity contribution in [1.82, 2.24) is 0 Å². The van der Waals surface area contributed by atoms with Crippen molar-refractivity contribution in [1.29, 1.82) is 0 Å². The predicted molar refractivity (Wildman–Crippen MR) is 98.3 cm³/mol. The minimum absolute atomic E-state index is 0.111. The summed E-state index contributed by atoms with van der Waals surface area (Å²) in [4.78, 5) is 12.2. The molecule has 0 unspecified atom stereocenters. The number of carbonyl (C=O) groups is 1. The molecule has 0 aromatic heterocycles. The molecule has 0 bridgehead atoms. The molecule has 1 saturated carbocycles. The number of halogens is 1. The van der Waals surface area contributed by atoms with Gasteiger partial charge in [-0.05, 0) is 36.8 Å². The molecule has 7 heteroatoms. The van der Waals surface area contributed by atoms with Crippen molar-refractivity contribution in [2.45, 2.75) is 23.0 Å². The Labute approximate surface area is 157 Å². The van der Waals surface area contributed by atoms with E-state index in [1.165, 1.54) is 19.2 Å². The van der Waals surface area contributed by atoms with Crippen molar-refractivity contribution < 1.29 is 23.1 Å². The molecule has 1 fully saturated rings. The minimum atomic E-state index is -3.87. The zero-order valence-electron chi connectivity index (χ0n) is 14.3. The van der Waals surface area contributed by atoms with Gasteiger partial charge in [-0.3, -0.25) is 4.79 Å². The van der Waals surface area contributed by atoms with Crippen LogP contribution in [0.1, 0.15) is 17.0 Å². The van der Waals surface area contributed by atoms with E-state index in [4.69, 9.17) is 16.3 Å². The molecule has 3 atom stereocenters. The maximum absolute atomic E-state index is 13.2. The van der Waals surface area contributed by atoms with E-state index in [9.17, 15) is 18.3 Å². The second-order valence-corrected chi connectivity index (χ2v) is 9.10. The molecule has 2 aromatic carbocycles. The van der Waals surface area contributed by atoms with Crippen LogP contribution in [0.3, 0.4) is 0 Å². The molecule has 0 amide bonds. The molecule has 0 heterocycles. The number of rotatable bonds is 6. The number of benzene rings is 2. The topological polar surface area (TPSA) is 80.7 Å². The monoisotopic (exact) mass is 394 g/mol. The molecule has 3 rings (SSSR count). The summed E-state index contributed by atoms with van der Waals surface area (Å²) in [6, 6.07) is 13.1. The highest BCUT2D eigenvalue weighted by Gasteiger charge is 2.76. The number of aryl methyl sites for hydroxylation is 1. The highest BCUT2D eigenvalue weighted by atomic mass is 35.5. The largest absolute Gasteiger partial charge is 0.481 e. The van der Waals surface area contributed by atoms with E-state index in [0.29, 0.717) is 10.6 Å². The Morgan fingerprint density at radius 2 is 1.88 bits per heavy atom. The van der Waals surface area contributed by atoms with Gasteiger partial charge >= 0.3 is 5.97 Å². The van der Waals surface area contributed by atoms with Crippen LogP contribution in [0.2, 0.25) is 5.02 Å². The first kappa shape index (κ1) is 18.9. The number of ether oxygens (including phenoxy) is 1. The van der Waals surface area contributed by atoms with Gasteiger partial charge in [0, 0.05) is 18.1 Å². The van der Waals surface area contributed by atoms with Crippen LogP contribution >= 0.6 is 11.6 Å². The van der Waals surface area contributed by atoms with Gasteiger partial charge in [-0.15, -0.1) is 0 Å². The van der Waals surface area contributed by atoms with Crippen LogP contribution in [0.15, 0.2) is 53.4 Å². The number of hydrogen-bond donors (Lipinski definition) is 1. The van der Waals surface area contributed by atoms with E-state index in [-0.39, 0.29) is 11.5 Å². The summed E-state index contributed by atoms with van der Waals surface area (Å²) in [5, 5.41) is 9.19. The predicted octanol–water partition coefficient (Wildman–Crippen LogP) is 3.31. The second kappa shape index (κ2) is 6.68. The second-order valence-electron chi connectivity index (χ2n) is 6.59. The molecule has 5 nitrogen and oxygen atoms in total. The van der Waals surface area contributed by atoms with Gasteiger partial charge in [0.15, 0.2) is 9.84 Å². The number of methoxy groups -OCH3 is 1. The van der Waals surface area contributed by atoms with Crippen molar-refractivity contribution in [3.05, 3.63) is 64.7 Å². The van der Waals surface area contributed by atoms with Gasteiger partial charge in [0.25, 0.3) is 0 Å². The first-order valence-electron chi connectivity index (χ1n) is 8.03. The Balaban J connectivity index is 2.13. The molecule has 138 valence electrons. The summed E-state index contributed by atoms with van der Waals surface area (Å²) in [6.45, 7) is 1.66. The average Bonchev–Trinajstić information content (AvgIpc) is 3.27. The first-order valence-corrected chi connectivity index (χ1v) is 9.96. The van der Waals surface area contributed by atoms with Gasteiger partial charge in [0.1, 0.15) is 5.41 Å². The van der Waals surface area contributed by atoms with Crippen LogP contribution in [0.25, 0.3) is 0 Å². The summed E-state index contributed by atoms with van der Waals surface area (Å²) in [5.74, 6) is -1.92. The summed E-state index contributed by atoms with van der Waals surface area (Å²) in [6.07, 6.45) is 0. The lowest BCUT2D eigenvalue weighted by Gasteiger charge is -2.12. The van der Waals surface area contributed by atoms with E-state index in [2.05, 4.69) is 0 Å². The number of carboxylic acids is 1. The summed E-state index contributed by atoms with van der Waals surface area (Å²) >= 11 is 6.03. The fourth-order valence-electron chi connectivity index (χ4n) is 3.63. The first-order chi connectivity index (χ1) is 12.2. The number of hydrogen-bond acceptors (Lipinski definition) is 4. The maximum Gasteiger partial charge on any atom is 0.314 e. The van der Waals surface area contributed by atoms with Crippen molar-refractivity contribution in [2.75, 3.05) is 13.7 Å². The SMILES string of the molecule is COC[C@]1(C(=O)O)[C@@H](c2cccc(Cl)c2)[C@@H]1S(=O)(=O)c1ccc(C)cc1. The van der Waals surface area contributed by atoms with Crippen molar-refractivity contribution >= 4 is 27.4 Å². The lowest BCUT2D eigenvalue weighted by atomic mass is 10.00. The zero-order chi connectivity index (χ0) is 19.1. The van der Waals surface area contributed by atoms with Crippen LogP contribution < -0.4 is 0 Å². The number of sulfone groups is 1. The Hall–Kier alpha value is -1.89. The smallest absolute Gasteiger partial charge is 0.314 e. The Bertz CT molecular complexity index is 939. The summed E-state index contributed by atoms with van der Waals surface area (Å²) in [5.41, 5.74) is -0.0338. The van der Waals surface area contributed by atoms with Gasteiger partial charge < -0.3 is 9.84 Å². The minimum Gasteiger partial charge on any atom is -0.481 e. The van der Waals surface area contributed by atoms with Crippen LogP contribution in [0.5, 0.6) is 0 Å². The molecule has 1 N–H and O–H groups in total. The van der Waals surface area contributed by atoms with Crippen molar-refractivity contribution in [3.63, 3.8) is 0 Å². The summed E-state index contributed by atoms with van der Waals surface area (Å²) in [7, 11) is -2.50. The van der Waals surface area contributed by atoms with Crippen LogP contribution in [0.4, 0.5) is 0 Å². The molecule has 0 spiro atoms. The fourth-order valence-corrected chi connectivity index (χ4v) is 6.19. The lowest BCUT2D eigenvalue weighted by Crippen LogP contribution is -2.28. The van der Waals surface area contributed by atoms with E-state index >= 15 is 0 Å². The Kier molecular flexibility index (Phi) is 4.86. The Morgan fingerprint density at radius 3 is 2.42 bits per heavy atom. The van der Waals surface area contributed by atoms with Crippen molar-refractivity contribution in [3.8, 4) is 0 Å². The summed E-state index contributed by atoms with van der Waals surface area (Å²) < 4.78 is 31.5.